The SMILES string of the molecule is O=S1(=O)CCc2ccccc2C1.c1ccc2c(c1)CCN2.c1ccc2c(c1)CNC2. The Morgan fingerprint density at radius 2 is 1.20 bits per heavy atom. The van der Waals surface area contributed by atoms with Gasteiger partial charge in [-0.3, -0.25) is 0 Å². The molecule has 0 fully saturated rings. The van der Waals surface area contributed by atoms with Crippen LogP contribution in [0.25, 0.3) is 0 Å². The average molecular weight is 421 g/mol. The van der Waals surface area contributed by atoms with Crippen molar-refractivity contribution in [3.63, 3.8) is 0 Å². The summed E-state index contributed by atoms with van der Waals surface area (Å²) in [6.07, 6.45) is 1.87. The van der Waals surface area contributed by atoms with E-state index in [9.17, 15) is 8.42 Å². The van der Waals surface area contributed by atoms with E-state index < -0.39 is 9.84 Å². The van der Waals surface area contributed by atoms with Gasteiger partial charge in [0.1, 0.15) is 0 Å². The van der Waals surface area contributed by atoms with Crippen LogP contribution in [0.15, 0.2) is 72.8 Å². The second-order valence-electron chi connectivity index (χ2n) is 7.82. The zero-order valence-corrected chi connectivity index (χ0v) is 17.9. The van der Waals surface area contributed by atoms with Crippen molar-refractivity contribution in [3.05, 3.63) is 101 Å². The minimum Gasteiger partial charge on any atom is -0.384 e. The third-order valence-corrected chi connectivity index (χ3v) is 7.23. The summed E-state index contributed by atoms with van der Waals surface area (Å²) in [5.41, 5.74) is 7.85. The van der Waals surface area contributed by atoms with E-state index in [-0.39, 0.29) is 5.75 Å². The van der Waals surface area contributed by atoms with Gasteiger partial charge in [-0.15, -0.1) is 0 Å². The van der Waals surface area contributed by atoms with E-state index in [0.29, 0.717) is 12.2 Å². The van der Waals surface area contributed by atoms with Crippen molar-refractivity contribution >= 4 is 15.5 Å². The minimum absolute atomic E-state index is 0.225. The summed E-state index contributed by atoms with van der Waals surface area (Å²) in [4.78, 5) is 0. The normalized spacial score (nSPS) is 17.1. The number of para-hydroxylation sites is 1. The highest BCUT2D eigenvalue weighted by Crippen LogP contribution is 2.20. The first kappa shape index (κ1) is 20.6. The molecule has 0 bridgehead atoms. The van der Waals surface area contributed by atoms with Crippen LogP contribution in [0.1, 0.15) is 27.8 Å². The summed E-state index contributed by atoms with van der Waals surface area (Å²) in [5.74, 6) is 0.535. The third kappa shape index (κ3) is 5.29. The molecule has 3 aromatic rings. The Kier molecular flexibility index (Phi) is 6.50. The number of anilines is 1. The van der Waals surface area contributed by atoms with Gasteiger partial charge in [0.25, 0.3) is 0 Å². The molecule has 0 radical (unpaired) electrons. The van der Waals surface area contributed by atoms with E-state index in [2.05, 4.69) is 59.2 Å². The van der Waals surface area contributed by atoms with Crippen LogP contribution >= 0.6 is 0 Å². The fourth-order valence-electron chi connectivity index (χ4n) is 3.99. The van der Waals surface area contributed by atoms with E-state index in [0.717, 1.165) is 25.2 Å². The molecule has 2 N–H and O–H groups in total. The number of sulfone groups is 1. The summed E-state index contributed by atoms with van der Waals surface area (Å²) >= 11 is 0. The molecule has 3 aliphatic rings. The van der Waals surface area contributed by atoms with Gasteiger partial charge in [-0.05, 0) is 46.7 Å². The molecule has 0 saturated heterocycles. The number of rotatable bonds is 0. The zero-order chi connectivity index (χ0) is 20.8. The minimum atomic E-state index is -2.80. The molecule has 3 heterocycles. The summed E-state index contributed by atoms with van der Waals surface area (Å²) in [6, 6.07) is 24.7. The number of nitrogens with one attached hydrogen (secondary N) is 2. The van der Waals surface area contributed by atoms with Crippen molar-refractivity contribution in [3.8, 4) is 0 Å². The molecule has 30 heavy (non-hydrogen) atoms. The average Bonchev–Trinajstić information content (AvgIpc) is 3.43. The molecule has 4 nitrogen and oxygen atoms in total. The second-order valence-corrected chi connectivity index (χ2v) is 10.0. The lowest BCUT2D eigenvalue weighted by Crippen LogP contribution is -2.18. The highest BCUT2D eigenvalue weighted by atomic mass is 32.2. The molecule has 0 saturated carbocycles. The Morgan fingerprint density at radius 3 is 1.87 bits per heavy atom. The maximum absolute atomic E-state index is 11.2. The van der Waals surface area contributed by atoms with E-state index in [1.807, 2.05) is 24.3 Å². The standard InChI is InChI=1S/C9H10O2S.2C8H9N/c10-12(11)6-5-8-3-1-2-4-9(8)7-12;1-2-4-8-6-9-5-7(8)3-1;1-2-4-8-7(3-1)5-6-9-8/h1-4H,5-7H2;2*1-4,9H,5-6H2. The number of fused-ring (bicyclic) bond motifs is 3. The molecule has 0 aliphatic carbocycles. The lowest BCUT2D eigenvalue weighted by molar-refractivity contribution is 0.591. The predicted molar refractivity (Wildman–Crippen MR) is 123 cm³/mol. The Hall–Kier alpha value is -2.63. The van der Waals surface area contributed by atoms with Crippen LogP contribution in [0.5, 0.6) is 0 Å². The first-order valence-electron chi connectivity index (χ1n) is 10.5. The van der Waals surface area contributed by atoms with Gasteiger partial charge >= 0.3 is 0 Å². The maximum Gasteiger partial charge on any atom is 0.154 e. The van der Waals surface area contributed by atoms with Crippen molar-refractivity contribution in [2.24, 2.45) is 0 Å². The van der Waals surface area contributed by atoms with Gasteiger partial charge in [0.2, 0.25) is 0 Å². The number of benzene rings is 3. The van der Waals surface area contributed by atoms with Gasteiger partial charge in [-0.25, -0.2) is 8.42 Å². The van der Waals surface area contributed by atoms with E-state index in [1.54, 1.807) is 0 Å². The lowest BCUT2D eigenvalue weighted by atomic mass is 10.1. The van der Waals surface area contributed by atoms with Gasteiger partial charge in [-0.2, -0.15) is 0 Å². The molecule has 0 atom stereocenters. The Balaban J connectivity index is 0.000000111. The van der Waals surface area contributed by atoms with Gasteiger partial charge in [0.05, 0.1) is 11.5 Å². The lowest BCUT2D eigenvalue weighted by Gasteiger charge is -2.15. The fraction of sp³-hybridized carbons (Fsp3) is 0.280. The quantitative estimate of drug-likeness (QED) is 0.575. The second kappa shape index (κ2) is 9.45. The van der Waals surface area contributed by atoms with E-state index in [1.165, 1.54) is 34.4 Å². The molecule has 6 rings (SSSR count). The van der Waals surface area contributed by atoms with Gasteiger partial charge in [0, 0.05) is 25.3 Å². The van der Waals surface area contributed by atoms with E-state index in [4.69, 9.17) is 0 Å². The number of hydrogen-bond acceptors (Lipinski definition) is 4. The van der Waals surface area contributed by atoms with Crippen molar-refractivity contribution in [2.45, 2.75) is 31.7 Å². The molecule has 0 spiro atoms. The first-order chi connectivity index (χ1) is 14.6. The van der Waals surface area contributed by atoms with Gasteiger partial charge in [0.15, 0.2) is 9.84 Å². The van der Waals surface area contributed by atoms with E-state index >= 15 is 0 Å². The Morgan fingerprint density at radius 1 is 0.633 bits per heavy atom. The molecule has 0 unspecified atom stereocenters. The molecular formula is C25H28N2O2S. The fourth-order valence-corrected chi connectivity index (χ4v) is 5.42. The topological polar surface area (TPSA) is 58.2 Å². The van der Waals surface area contributed by atoms with Crippen LogP contribution in [0.3, 0.4) is 0 Å². The van der Waals surface area contributed by atoms with Crippen LogP contribution in [0, 0.1) is 0 Å². The first-order valence-corrected chi connectivity index (χ1v) is 12.3. The molecule has 3 aliphatic heterocycles. The summed E-state index contributed by atoms with van der Waals surface area (Å²) in [7, 11) is -2.80. The summed E-state index contributed by atoms with van der Waals surface area (Å²) in [6.45, 7) is 3.21. The third-order valence-electron chi connectivity index (χ3n) is 5.65. The molecule has 3 aromatic carbocycles. The monoisotopic (exact) mass is 420 g/mol. The van der Waals surface area contributed by atoms with Crippen LogP contribution < -0.4 is 10.6 Å². The van der Waals surface area contributed by atoms with Crippen molar-refractivity contribution in [1.29, 1.82) is 0 Å². The van der Waals surface area contributed by atoms with Crippen molar-refractivity contribution in [2.75, 3.05) is 17.6 Å². The van der Waals surface area contributed by atoms with Crippen molar-refractivity contribution in [1.82, 2.24) is 5.32 Å². The van der Waals surface area contributed by atoms with Gasteiger partial charge in [-0.1, -0.05) is 66.7 Å². The highest BCUT2D eigenvalue weighted by Gasteiger charge is 2.19. The highest BCUT2D eigenvalue weighted by molar-refractivity contribution is 7.90. The maximum atomic E-state index is 11.2. The largest absolute Gasteiger partial charge is 0.384 e. The molecule has 0 amide bonds. The zero-order valence-electron chi connectivity index (χ0n) is 17.1. The van der Waals surface area contributed by atoms with Gasteiger partial charge < -0.3 is 10.6 Å². The van der Waals surface area contributed by atoms with Crippen LogP contribution in [-0.2, 0) is 41.5 Å². The molecule has 0 aromatic heterocycles. The van der Waals surface area contributed by atoms with Crippen LogP contribution in [0.2, 0.25) is 0 Å². The van der Waals surface area contributed by atoms with Crippen molar-refractivity contribution < 1.29 is 8.42 Å². The molecule has 5 heteroatoms. The summed E-state index contributed by atoms with van der Waals surface area (Å²) in [5, 5.41) is 6.59. The smallest absolute Gasteiger partial charge is 0.154 e. The molecule has 156 valence electrons. The molecular weight excluding hydrogens is 392 g/mol. The summed E-state index contributed by atoms with van der Waals surface area (Å²) < 4.78 is 22.4. The Bertz CT molecular complexity index is 1010. The number of hydrogen-bond donors (Lipinski definition) is 2. The number of aryl methyl sites for hydroxylation is 1. The van der Waals surface area contributed by atoms with Crippen LogP contribution in [-0.4, -0.2) is 20.7 Å². The van der Waals surface area contributed by atoms with Crippen LogP contribution in [0.4, 0.5) is 5.69 Å². The Labute approximate surface area is 179 Å². The predicted octanol–water partition coefficient (Wildman–Crippen LogP) is 4.10.